The van der Waals surface area contributed by atoms with E-state index in [1.54, 1.807) is 6.07 Å². The summed E-state index contributed by atoms with van der Waals surface area (Å²) in [6, 6.07) is 21.7. The van der Waals surface area contributed by atoms with Crippen LogP contribution in [0, 0.1) is 13.8 Å². The summed E-state index contributed by atoms with van der Waals surface area (Å²) in [4.78, 5) is 14.6. The molecular formula is C25H21NO3. The van der Waals surface area contributed by atoms with E-state index in [4.69, 9.17) is 9.15 Å². The van der Waals surface area contributed by atoms with Gasteiger partial charge in [0, 0.05) is 17.1 Å². The van der Waals surface area contributed by atoms with Gasteiger partial charge in [-0.05, 0) is 54.3 Å². The molecule has 144 valence electrons. The molecule has 0 saturated carbocycles. The molecule has 1 aliphatic rings. The first-order valence-corrected chi connectivity index (χ1v) is 9.71. The highest BCUT2D eigenvalue weighted by Crippen LogP contribution is 2.37. The first-order chi connectivity index (χ1) is 14.1. The fourth-order valence-electron chi connectivity index (χ4n) is 4.02. The van der Waals surface area contributed by atoms with Crippen molar-refractivity contribution in [1.29, 1.82) is 0 Å². The SMILES string of the molecule is Cc1cccc(N2COc3ccc4c(-c5ccccc5)cc(=O)oc4c3C2)c1C. The van der Waals surface area contributed by atoms with Crippen LogP contribution >= 0.6 is 0 Å². The Morgan fingerprint density at radius 1 is 0.931 bits per heavy atom. The van der Waals surface area contributed by atoms with E-state index in [1.165, 1.54) is 11.1 Å². The second-order valence-corrected chi connectivity index (χ2v) is 7.45. The summed E-state index contributed by atoms with van der Waals surface area (Å²) in [5.41, 5.74) is 6.63. The van der Waals surface area contributed by atoms with Crippen molar-refractivity contribution in [2.24, 2.45) is 0 Å². The quantitative estimate of drug-likeness (QED) is 0.433. The van der Waals surface area contributed by atoms with Gasteiger partial charge in [0.25, 0.3) is 0 Å². The lowest BCUT2D eigenvalue weighted by molar-refractivity contribution is 0.289. The third-order valence-corrected chi connectivity index (χ3v) is 5.70. The molecule has 2 heterocycles. The standard InChI is InChI=1S/C25H21NO3/c1-16-7-6-10-22(17(16)2)26-14-21-23(28-15-26)12-11-19-20(13-24(27)29-25(19)21)18-8-4-3-5-9-18/h3-13H,14-15H2,1-2H3. The number of benzene rings is 3. The maximum Gasteiger partial charge on any atom is 0.336 e. The van der Waals surface area contributed by atoms with Crippen LogP contribution in [0.4, 0.5) is 5.69 Å². The molecule has 4 heteroatoms. The van der Waals surface area contributed by atoms with Crippen molar-refractivity contribution in [2.75, 3.05) is 11.6 Å². The predicted octanol–water partition coefficient (Wildman–Crippen LogP) is 5.43. The maximum atomic E-state index is 12.4. The van der Waals surface area contributed by atoms with Gasteiger partial charge < -0.3 is 14.1 Å². The van der Waals surface area contributed by atoms with E-state index in [9.17, 15) is 4.79 Å². The lowest BCUT2D eigenvalue weighted by atomic mass is 9.99. The average Bonchev–Trinajstić information content (AvgIpc) is 2.75. The van der Waals surface area contributed by atoms with Crippen molar-refractivity contribution >= 4 is 16.7 Å². The van der Waals surface area contributed by atoms with Crippen LogP contribution in [-0.4, -0.2) is 6.73 Å². The van der Waals surface area contributed by atoms with Gasteiger partial charge in [0.15, 0.2) is 6.73 Å². The molecule has 0 unspecified atom stereocenters. The summed E-state index contributed by atoms with van der Waals surface area (Å²) in [6.45, 7) is 5.32. The molecule has 0 radical (unpaired) electrons. The lowest BCUT2D eigenvalue weighted by Gasteiger charge is -2.32. The second-order valence-electron chi connectivity index (χ2n) is 7.45. The van der Waals surface area contributed by atoms with Crippen molar-refractivity contribution in [3.63, 3.8) is 0 Å². The summed E-state index contributed by atoms with van der Waals surface area (Å²) in [6.07, 6.45) is 0. The monoisotopic (exact) mass is 383 g/mol. The molecule has 0 fully saturated rings. The molecule has 1 aromatic heterocycles. The maximum absolute atomic E-state index is 12.4. The minimum absolute atomic E-state index is 0.353. The van der Waals surface area contributed by atoms with Crippen LogP contribution in [0.3, 0.4) is 0 Å². The van der Waals surface area contributed by atoms with Crippen molar-refractivity contribution in [3.8, 4) is 16.9 Å². The first-order valence-electron chi connectivity index (χ1n) is 9.71. The minimum Gasteiger partial charge on any atom is -0.473 e. The molecule has 3 aromatic carbocycles. The number of aryl methyl sites for hydroxylation is 1. The first kappa shape index (κ1) is 17.6. The van der Waals surface area contributed by atoms with Gasteiger partial charge in [0.1, 0.15) is 11.3 Å². The number of anilines is 1. The zero-order valence-electron chi connectivity index (χ0n) is 16.4. The Hall–Kier alpha value is -3.53. The Kier molecular flexibility index (Phi) is 4.13. The van der Waals surface area contributed by atoms with E-state index in [0.717, 1.165) is 33.5 Å². The van der Waals surface area contributed by atoms with E-state index < -0.39 is 0 Å². The van der Waals surface area contributed by atoms with Crippen molar-refractivity contribution < 1.29 is 9.15 Å². The van der Waals surface area contributed by atoms with Crippen LogP contribution < -0.4 is 15.3 Å². The number of fused-ring (bicyclic) bond motifs is 3. The van der Waals surface area contributed by atoms with Gasteiger partial charge in [-0.1, -0.05) is 42.5 Å². The third-order valence-electron chi connectivity index (χ3n) is 5.70. The molecule has 0 saturated heterocycles. The summed E-state index contributed by atoms with van der Waals surface area (Å²) >= 11 is 0. The Labute approximate surface area is 169 Å². The number of hydrogen-bond acceptors (Lipinski definition) is 4. The largest absolute Gasteiger partial charge is 0.473 e. The van der Waals surface area contributed by atoms with Gasteiger partial charge in [0.05, 0.1) is 12.1 Å². The van der Waals surface area contributed by atoms with Crippen LogP contribution in [0.5, 0.6) is 5.75 Å². The zero-order valence-corrected chi connectivity index (χ0v) is 16.4. The Morgan fingerprint density at radius 2 is 1.76 bits per heavy atom. The van der Waals surface area contributed by atoms with Gasteiger partial charge in [0.2, 0.25) is 0 Å². The summed E-state index contributed by atoms with van der Waals surface area (Å²) < 4.78 is 11.7. The molecule has 0 atom stereocenters. The van der Waals surface area contributed by atoms with Crippen LogP contribution in [-0.2, 0) is 6.54 Å². The molecule has 1 aliphatic heterocycles. The van der Waals surface area contributed by atoms with Gasteiger partial charge >= 0.3 is 5.63 Å². The van der Waals surface area contributed by atoms with Gasteiger partial charge in [-0.2, -0.15) is 0 Å². The molecule has 0 amide bonds. The molecule has 0 bridgehead atoms. The Balaban J connectivity index is 1.68. The Bertz CT molecular complexity index is 1270. The van der Waals surface area contributed by atoms with Crippen molar-refractivity contribution in [2.45, 2.75) is 20.4 Å². The topological polar surface area (TPSA) is 42.7 Å². The lowest BCUT2D eigenvalue weighted by Crippen LogP contribution is -2.32. The second kappa shape index (κ2) is 6.82. The van der Waals surface area contributed by atoms with Gasteiger partial charge in [-0.15, -0.1) is 0 Å². The molecular weight excluding hydrogens is 362 g/mol. The predicted molar refractivity (Wildman–Crippen MR) is 116 cm³/mol. The van der Waals surface area contributed by atoms with E-state index >= 15 is 0 Å². The summed E-state index contributed by atoms with van der Waals surface area (Å²) in [5.74, 6) is 0.771. The Morgan fingerprint density at radius 3 is 2.59 bits per heavy atom. The molecule has 0 spiro atoms. The van der Waals surface area contributed by atoms with E-state index in [0.29, 0.717) is 18.9 Å². The van der Waals surface area contributed by atoms with Crippen molar-refractivity contribution in [3.05, 3.63) is 93.8 Å². The fourth-order valence-corrected chi connectivity index (χ4v) is 4.02. The van der Waals surface area contributed by atoms with Crippen LogP contribution in [0.1, 0.15) is 16.7 Å². The summed E-state index contributed by atoms with van der Waals surface area (Å²) in [5, 5.41) is 0.918. The molecule has 29 heavy (non-hydrogen) atoms. The number of ether oxygens (including phenoxy) is 1. The molecule has 5 rings (SSSR count). The van der Waals surface area contributed by atoms with E-state index in [2.05, 4.69) is 36.9 Å². The third kappa shape index (κ3) is 2.97. The zero-order chi connectivity index (χ0) is 20.0. The normalized spacial score (nSPS) is 13.2. The van der Waals surface area contributed by atoms with Gasteiger partial charge in [-0.3, -0.25) is 0 Å². The summed E-state index contributed by atoms with van der Waals surface area (Å²) in [7, 11) is 0. The van der Waals surface area contributed by atoms with E-state index in [1.807, 2.05) is 42.5 Å². The number of rotatable bonds is 2. The smallest absolute Gasteiger partial charge is 0.336 e. The molecule has 4 nitrogen and oxygen atoms in total. The van der Waals surface area contributed by atoms with Crippen LogP contribution in [0.25, 0.3) is 22.1 Å². The highest BCUT2D eigenvalue weighted by Gasteiger charge is 2.24. The fraction of sp³-hybridized carbons (Fsp3) is 0.160. The highest BCUT2D eigenvalue weighted by atomic mass is 16.5. The molecule has 4 aromatic rings. The number of nitrogens with zero attached hydrogens (tertiary/aromatic N) is 1. The van der Waals surface area contributed by atoms with Crippen LogP contribution in [0.15, 0.2) is 75.9 Å². The minimum atomic E-state index is -0.353. The average molecular weight is 383 g/mol. The van der Waals surface area contributed by atoms with Gasteiger partial charge in [-0.25, -0.2) is 4.79 Å². The molecule has 0 N–H and O–H groups in total. The van der Waals surface area contributed by atoms with E-state index in [-0.39, 0.29) is 5.63 Å². The van der Waals surface area contributed by atoms with Crippen LogP contribution in [0.2, 0.25) is 0 Å². The highest BCUT2D eigenvalue weighted by molar-refractivity contribution is 5.96. The number of hydrogen-bond donors (Lipinski definition) is 0. The van der Waals surface area contributed by atoms with Crippen molar-refractivity contribution in [1.82, 2.24) is 0 Å². The molecule has 0 aliphatic carbocycles.